The van der Waals surface area contributed by atoms with Crippen molar-refractivity contribution in [2.75, 3.05) is 24.4 Å². The van der Waals surface area contributed by atoms with Crippen LogP contribution in [0.3, 0.4) is 0 Å². The first kappa shape index (κ1) is 14.1. The third-order valence-corrected chi connectivity index (χ3v) is 3.65. The van der Waals surface area contributed by atoms with E-state index in [0.717, 1.165) is 11.3 Å². The monoisotopic (exact) mass is 300 g/mol. The second kappa shape index (κ2) is 5.18. The molecule has 0 bridgehead atoms. The number of nitrogens with one attached hydrogen (secondary N) is 1. The van der Waals surface area contributed by atoms with Gasteiger partial charge in [0.25, 0.3) is 5.91 Å². The minimum absolute atomic E-state index is 0.0485. The van der Waals surface area contributed by atoms with Gasteiger partial charge in [-0.15, -0.1) is 5.10 Å². The number of hydrogen-bond acceptors (Lipinski definition) is 4. The second-order valence-electron chi connectivity index (χ2n) is 5.15. The molecule has 0 radical (unpaired) electrons. The summed E-state index contributed by atoms with van der Waals surface area (Å²) in [7, 11) is 4.93. The standard InChI is InChI=1S/C15H16N4O3/c1-18-8-11(15(17-18)22-3)14(21)16-10-4-5-12-9(6-10)7-13(20)19(12)2/h4-6,8H,7H2,1-3H3,(H,16,21). The van der Waals surface area contributed by atoms with Gasteiger partial charge >= 0.3 is 0 Å². The fourth-order valence-corrected chi connectivity index (χ4v) is 2.52. The molecule has 0 fully saturated rings. The normalized spacial score (nSPS) is 13.2. The van der Waals surface area contributed by atoms with Gasteiger partial charge in [-0.3, -0.25) is 14.3 Å². The van der Waals surface area contributed by atoms with E-state index in [1.807, 2.05) is 12.1 Å². The number of aromatic nitrogens is 2. The zero-order valence-corrected chi connectivity index (χ0v) is 12.6. The van der Waals surface area contributed by atoms with Crippen LogP contribution >= 0.6 is 0 Å². The number of carbonyl (C=O) groups is 2. The highest BCUT2D eigenvalue weighted by Gasteiger charge is 2.24. The minimum atomic E-state index is -0.303. The molecule has 1 aliphatic rings. The van der Waals surface area contributed by atoms with Crippen LogP contribution in [0.15, 0.2) is 24.4 Å². The Labute approximate surface area is 127 Å². The maximum absolute atomic E-state index is 12.3. The van der Waals surface area contributed by atoms with E-state index < -0.39 is 0 Å². The van der Waals surface area contributed by atoms with Gasteiger partial charge in [-0.2, -0.15) is 0 Å². The van der Waals surface area contributed by atoms with Gasteiger partial charge in [-0.05, 0) is 23.8 Å². The summed E-state index contributed by atoms with van der Waals surface area (Å²) in [6.45, 7) is 0. The van der Waals surface area contributed by atoms with Crippen LogP contribution in [0.25, 0.3) is 0 Å². The lowest BCUT2D eigenvalue weighted by Gasteiger charge is -2.11. The van der Waals surface area contributed by atoms with Crippen LogP contribution in [0, 0.1) is 0 Å². The Morgan fingerprint density at radius 3 is 2.86 bits per heavy atom. The van der Waals surface area contributed by atoms with E-state index in [9.17, 15) is 9.59 Å². The molecular formula is C15H16N4O3. The van der Waals surface area contributed by atoms with Gasteiger partial charge < -0.3 is 15.0 Å². The van der Waals surface area contributed by atoms with Gasteiger partial charge in [-0.25, -0.2) is 0 Å². The largest absolute Gasteiger partial charge is 0.479 e. The average molecular weight is 300 g/mol. The summed E-state index contributed by atoms with van der Waals surface area (Å²) < 4.78 is 6.60. The Balaban J connectivity index is 1.83. The van der Waals surface area contributed by atoms with E-state index in [1.165, 1.54) is 11.8 Å². The Hall–Kier alpha value is -2.83. The lowest BCUT2D eigenvalue weighted by molar-refractivity contribution is -0.117. The van der Waals surface area contributed by atoms with Gasteiger partial charge in [0.15, 0.2) is 0 Å². The van der Waals surface area contributed by atoms with Crippen molar-refractivity contribution in [2.45, 2.75) is 6.42 Å². The van der Waals surface area contributed by atoms with Crippen LogP contribution < -0.4 is 15.0 Å². The molecule has 0 saturated heterocycles. The molecule has 2 aromatic rings. The number of hydrogen-bond donors (Lipinski definition) is 1. The van der Waals surface area contributed by atoms with Crippen LogP contribution in [0.5, 0.6) is 5.88 Å². The molecule has 114 valence electrons. The van der Waals surface area contributed by atoms with E-state index in [0.29, 0.717) is 17.7 Å². The second-order valence-corrected chi connectivity index (χ2v) is 5.15. The fourth-order valence-electron chi connectivity index (χ4n) is 2.52. The predicted molar refractivity (Wildman–Crippen MR) is 81.3 cm³/mol. The number of methoxy groups -OCH3 is 1. The summed E-state index contributed by atoms with van der Waals surface area (Å²) in [6, 6.07) is 5.42. The first-order valence-electron chi connectivity index (χ1n) is 6.78. The molecule has 2 amide bonds. The molecular weight excluding hydrogens is 284 g/mol. The number of carbonyl (C=O) groups excluding carboxylic acids is 2. The Bertz CT molecular complexity index is 766. The lowest BCUT2D eigenvalue weighted by atomic mass is 10.1. The number of aryl methyl sites for hydroxylation is 1. The molecule has 1 aliphatic heterocycles. The van der Waals surface area contributed by atoms with Crippen LogP contribution in [-0.2, 0) is 18.3 Å². The van der Waals surface area contributed by atoms with Crippen LogP contribution in [0.1, 0.15) is 15.9 Å². The summed E-state index contributed by atoms with van der Waals surface area (Å²) >= 11 is 0. The summed E-state index contributed by atoms with van der Waals surface area (Å²) in [5.41, 5.74) is 2.78. The smallest absolute Gasteiger partial charge is 0.262 e. The fraction of sp³-hybridized carbons (Fsp3) is 0.267. The van der Waals surface area contributed by atoms with Gasteiger partial charge in [0.1, 0.15) is 5.56 Å². The molecule has 22 heavy (non-hydrogen) atoms. The highest BCUT2D eigenvalue weighted by molar-refractivity contribution is 6.06. The average Bonchev–Trinajstić information content (AvgIpc) is 3.00. The van der Waals surface area contributed by atoms with E-state index in [2.05, 4.69) is 10.4 Å². The van der Waals surface area contributed by atoms with Gasteiger partial charge in [0.05, 0.1) is 13.5 Å². The summed E-state index contributed by atoms with van der Waals surface area (Å²) in [5, 5.41) is 6.86. The van der Waals surface area contributed by atoms with Crippen molar-refractivity contribution in [3.63, 3.8) is 0 Å². The first-order valence-corrected chi connectivity index (χ1v) is 6.78. The van der Waals surface area contributed by atoms with E-state index in [-0.39, 0.29) is 17.7 Å². The first-order chi connectivity index (χ1) is 10.5. The van der Waals surface area contributed by atoms with Gasteiger partial charge in [0.2, 0.25) is 11.8 Å². The Kier molecular flexibility index (Phi) is 3.32. The van der Waals surface area contributed by atoms with Crippen molar-refractivity contribution in [2.24, 2.45) is 7.05 Å². The molecule has 7 nitrogen and oxygen atoms in total. The van der Waals surface area contributed by atoms with Crippen LogP contribution in [0.4, 0.5) is 11.4 Å². The SMILES string of the molecule is COc1nn(C)cc1C(=O)Nc1ccc2c(c1)CC(=O)N2C. The Morgan fingerprint density at radius 1 is 1.36 bits per heavy atom. The van der Waals surface area contributed by atoms with Crippen molar-refractivity contribution in [3.8, 4) is 5.88 Å². The molecule has 0 unspecified atom stereocenters. The van der Waals surface area contributed by atoms with Crippen molar-refractivity contribution in [1.29, 1.82) is 0 Å². The number of anilines is 2. The number of nitrogens with zero attached hydrogens (tertiary/aromatic N) is 3. The predicted octanol–water partition coefficient (Wildman–Crippen LogP) is 1.20. The molecule has 0 atom stereocenters. The van der Waals surface area contributed by atoms with Crippen LogP contribution in [-0.4, -0.2) is 35.8 Å². The van der Waals surface area contributed by atoms with E-state index in [4.69, 9.17) is 4.74 Å². The number of benzene rings is 1. The third-order valence-electron chi connectivity index (χ3n) is 3.65. The van der Waals surface area contributed by atoms with Crippen molar-refractivity contribution in [1.82, 2.24) is 9.78 Å². The number of amides is 2. The molecule has 1 N–H and O–H groups in total. The van der Waals surface area contributed by atoms with Crippen molar-refractivity contribution < 1.29 is 14.3 Å². The summed E-state index contributed by atoms with van der Waals surface area (Å²) in [6.07, 6.45) is 1.95. The lowest BCUT2D eigenvalue weighted by Crippen LogP contribution is -2.20. The van der Waals surface area contributed by atoms with Crippen LogP contribution in [0.2, 0.25) is 0 Å². The minimum Gasteiger partial charge on any atom is -0.479 e. The Morgan fingerprint density at radius 2 is 2.14 bits per heavy atom. The third kappa shape index (κ3) is 2.30. The number of rotatable bonds is 3. The molecule has 0 saturated carbocycles. The highest BCUT2D eigenvalue weighted by Crippen LogP contribution is 2.30. The van der Waals surface area contributed by atoms with E-state index >= 15 is 0 Å². The van der Waals surface area contributed by atoms with Crippen molar-refractivity contribution in [3.05, 3.63) is 35.5 Å². The molecule has 0 spiro atoms. The number of ether oxygens (including phenoxy) is 1. The van der Waals surface area contributed by atoms with Gasteiger partial charge in [0, 0.05) is 31.7 Å². The molecule has 1 aromatic heterocycles. The van der Waals surface area contributed by atoms with Gasteiger partial charge in [-0.1, -0.05) is 0 Å². The zero-order valence-electron chi connectivity index (χ0n) is 12.6. The van der Waals surface area contributed by atoms with E-state index in [1.54, 1.807) is 31.3 Å². The zero-order chi connectivity index (χ0) is 15.9. The van der Waals surface area contributed by atoms with Crippen molar-refractivity contribution >= 4 is 23.2 Å². The quantitative estimate of drug-likeness (QED) is 0.924. The molecule has 1 aromatic carbocycles. The maximum Gasteiger partial charge on any atom is 0.262 e. The number of fused-ring (bicyclic) bond motifs is 1. The molecule has 3 rings (SSSR count). The molecule has 2 heterocycles. The molecule has 0 aliphatic carbocycles. The topological polar surface area (TPSA) is 76.5 Å². The molecule has 7 heteroatoms. The summed E-state index contributed by atoms with van der Waals surface area (Å²) in [5.74, 6) is 0.0195. The maximum atomic E-state index is 12.3. The summed E-state index contributed by atoms with van der Waals surface area (Å²) in [4.78, 5) is 25.6. The highest BCUT2D eigenvalue weighted by atomic mass is 16.5. The number of likely N-dealkylation sites (N-methyl/N-ethyl adjacent to an activating group) is 1.